The molecule has 1 aromatic carbocycles. The average molecular weight is 498 g/mol. The standard InChI is InChI=1S/C24H21F3N6O3/c25-24(26,27)23(6-7-23)19-12-20(32-36-19)31-22(34)33-10-5-14-11-15(1-2-18(14)33)35-21-16-3-8-28-9-4-17(16)29-13-30-21/h1-2,5,10-13,28H,3-4,6-9H2,(H,31,32,34). The Balaban J connectivity index is 1.20. The summed E-state index contributed by atoms with van der Waals surface area (Å²) >= 11 is 0. The number of carbonyl (C=O) groups is 1. The van der Waals surface area contributed by atoms with E-state index in [9.17, 15) is 18.0 Å². The van der Waals surface area contributed by atoms with Crippen LogP contribution in [0.2, 0.25) is 0 Å². The number of nitrogens with zero attached hydrogens (tertiary/aromatic N) is 4. The zero-order valence-corrected chi connectivity index (χ0v) is 18.9. The molecule has 1 aliphatic heterocycles. The van der Waals surface area contributed by atoms with Crippen LogP contribution in [0.3, 0.4) is 0 Å². The van der Waals surface area contributed by atoms with Gasteiger partial charge in [0.05, 0.1) is 11.2 Å². The SMILES string of the molecule is O=C(Nc1cc(C2(C(F)(F)F)CC2)on1)n1ccc2cc(Oc3ncnc4c3CCNCC4)ccc21. The third kappa shape index (κ3) is 3.87. The van der Waals surface area contributed by atoms with Crippen molar-refractivity contribution in [1.29, 1.82) is 0 Å². The number of rotatable bonds is 4. The van der Waals surface area contributed by atoms with Gasteiger partial charge in [-0.3, -0.25) is 9.88 Å². The Bertz CT molecular complexity index is 1460. The summed E-state index contributed by atoms with van der Waals surface area (Å²) in [6, 6.07) is 7.53. The van der Waals surface area contributed by atoms with Gasteiger partial charge in [0.15, 0.2) is 11.6 Å². The highest BCUT2D eigenvalue weighted by Gasteiger charge is 2.66. The minimum Gasteiger partial charge on any atom is -0.439 e. The van der Waals surface area contributed by atoms with Crippen molar-refractivity contribution in [2.45, 2.75) is 37.3 Å². The van der Waals surface area contributed by atoms with E-state index in [1.165, 1.54) is 10.9 Å². The lowest BCUT2D eigenvalue weighted by atomic mass is 10.0. The van der Waals surface area contributed by atoms with Gasteiger partial charge >= 0.3 is 12.2 Å². The Hall–Kier alpha value is -3.93. The number of nitrogens with one attached hydrogen (secondary N) is 2. The summed E-state index contributed by atoms with van der Waals surface area (Å²) in [6.07, 6.45) is 0.0824. The van der Waals surface area contributed by atoms with Gasteiger partial charge in [0.1, 0.15) is 17.5 Å². The van der Waals surface area contributed by atoms with E-state index < -0.39 is 17.6 Å². The largest absolute Gasteiger partial charge is 0.439 e. The number of benzene rings is 1. The van der Waals surface area contributed by atoms with Crippen LogP contribution in [0.1, 0.15) is 29.9 Å². The van der Waals surface area contributed by atoms with Crippen molar-refractivity contribution < 1.29 is 27.2 Å². The van der Waals surface area contributed by atoms with Crippen molar-refractivity contribution in [1.82, 2.24) is 25.0 Å². The Kier molecular flexibility index (Phi) is 5.21. The number of ether oxygens (including phenoxy) is 1. The van der Waals surface area contributed by atoms with E-state index in [2.05, 4.69) is 25.8 Å². The zero-order chi connectivity index (χ0) is 24.9. The van der Waals surface area contributed by atoms with Crippen molar-refractivity contribution >= 4 is 22.8 Å². The van der Waals surface area contributed by atoms with Crippen LogP contribution >= 0.6 is 0 Å². The fourth-order valence-corrected chi connectivity index (χ4v) is 4.53. The number of carbonyl (C=O) groups excluding carboxylic acids is 1. The van der Waals surface area contributed by atoms with Gasteiger partial charge in [0, 0.05) is 36.2 Å². The van der Waals surface area contributed by atoms with Crippen LogP contribution < -0.4 is 15.4 Å². The molecule has 1 aliphatic carbocycles. The van der Waals surface area contributed by atoms with Crippen LogP contribution in [0, 0.1) is 0 Å². The molecule has 6 rings (SSSR count). The number of hydrogen-bond acceptors (Lipinski definition) is 7. The first-order valence-corrected chi connectivity index (χ1v) is 11.5. The predicted molar refractivity (Wildman–Crippen MR) is 122 cm³/mol. The monoisotopic (exact) mass is 498 g/mol. The second kappa shape index (κ2) is 8.33. The minimum atomic E-state index is -4.43. The number of aromatic nitrogens is 4. The topological polar surface area (TPSA) is 107 Å². The Morgan fingerprint density at radius 3 is 2.78 bits per heavy atom. The van der Waals surface area contributed by atoms with Gasteiger partial charge < -0.3 is 14.6 Å². The van der Waals surface area contributed by atoms with E-state index >= 15 is 0 Å². The quantitative estimate of drug-likeness (QED) is 0.424. The highest BCUT2D eigenvalue weighted by molar-refractivity contribution is 5.98. The van der Waals surface area contributed by atoms with Crippen molar-refractivity contribution in [2.75, 3.05) is 18.4 Å². The number of anilines is 1. The first-order chi connectivity index (χ1) is 17.3. The highest BCUT2D eigenvalue weighted by Crippen LogP contribution is 2.59. The molecule has 0 atom stereocenters. The maximum absolute atomic E-state index is 13.3. The lowest BCUT2D eigenvalue weighted by Gasteiger charge is -2.14. The lowest BCUT2D eigenvalue weighted by Crippen LogP contribution is -2.28. The number of amides is 1. The molecule has 2 N–H and O–H groups in total. The summed E-state index contributed by atoms with van der Waals surface area (Å²) in [6.45, 7) is 1.67. The molecule has 1 amide bonds. The summed E-state index contributed by atoms with van der Waals surface area (Å²) in [7, 11) is 0. The van der Waals surface area contributed by atoms with Gasteiger partial charge in [-0.1, -0.05) is 5.16 Å². The van der Waals surface area contributed by atoms with Gasteiger partial charge in [-0.05, 0) is 50.1 Å². The van der Waals surface area contributed by atoms with Gasteiger partial charge in [-0.25, -0.2) is 14.8 Å². The van der Waals surface area contributed by atoms with Gasteiger partial charge in [-0.2, -0.15) is 13.2 Å². The van der Waals surface area contributed by atoms with Crippen molar-refractivity contribution in [3.05, 3.63) is 59.9 Å². The van der Waals surface area contributed by atoms with E-state index in [0.717, 1.165) is 48.6 Å². The summed E-state index contributed by atoms with van der Waals surface area (Å²) in [5.41, 5.74) is 0.527. The molecule has 2 aliphatic rings. The first kappa shape index (κ1) is 22.5. The molecule has 0 spiro atoms. The van der Waals surface area contributed by atoms with Crippen LogP contribution in [0.4, 0.5) is 23.8 Å². The maximum atomic E-state index is 13.3. The molecule has 36 heavy (non-hydrogen) atoms. The molecule has 186 valence electrons. The van der Waals surface area contributed by atoms with Gasteiger partial charge in [0.2, 0.25) is 5.88 Å². The van der Waals surface area contributed by atoms with E-state index in [1.807, 2.05) is 0 Å². The predicted octanol–water partition coefficient (Wildman–Crippen LogP) is 4.57. The smallest absolute Gasteiger partial charge is 0.401 e. The molecule has 3 aromatic heterocycles. The van der Waals surface area contributed by atoms with Crippen molar-refractivity contribution in [2.24, 2.45) is 0 Å². The fourth-order valence-electron chi connectivity index (χ4n) is 4.53. The fraction of sp³-hybridized carbons (Fsp3) is 0.333. The summed E-state index contributed by atoms with van der Waals surface area (Å²) < 4.78 is 52.3. The average Bonchev–Trinajstić information content (AvgIpc) is 3.47. The van der Waals surface area contributed by atoms with Gasteiger partial charge in [-0.15, -0.1) is 0 Å². The maximum Gasteiger partial charge on any atom is 0.401 e. The highest BCUT2D eigenvalue weighted by atomic mass is 19.4. The number of alkyl halides is 3. The molecule has 0 saturated heterocycles. The molecular formula is C24H21F3N6O3. The molecule has 1 saturated carbocycles. The third-order valence-electron chi connectivity index (χ3n) is 6.69. The van der Waals surface area contributed by atoms with E-state index in [0.29, 0.717) is 17.1 Å². The van der Waals surface area contributed by atoms with Gasteiger partial charge in [0.25, 0.3) is 0 Å². The van der Waals surface area contributed by atoms with E-state index in [-0.39, 0.29) is 24.4 Å². The summed E-state index contributed by atoms with van der Waals surface area (Å²) in [4.78, 5) is 21.5. The second-order valence-electron chi connectivity index (χ2n) is 8.95. The van der Waals surface area contributed by atoms with Crippen LogP contribution in [-0.4, -0.2) is 45.0 Å². The van der Waals surface area contributed by atoms with E-state index in [4.69, 9.17) is 9.26 Å². The first-order valence-electron chi connectivity index (χ1n) is 11.5. The molecular weight excluding hydrogens is 477 g/mol. The molecule has 1 fully saturated rings. The van der Waals surface area contributed by atoms with E-state index in [1.54, 1.807) is 30.5 Å². The van der Waals surface area contributed by atoms with Crippen molar-refractivity contribution in [3.63, 3.8) is 0 Å². The van der Waals surface area contributed by atoms with Crippen LogP contribution in [-0.2, 0) is 18.3 Å². The molecule has 0 unspecified atom stereocenters. The molecule has 4 aromatic rings. The Morgan fingerprint density at radius 2 is 1.97 bits per heavy atom. The molecule has 0 bridgehead atoms. The van der Waals surface area contributed by atoms with Crippen LogP contribution in [0.25, 0.3) is 10.9 Å². The number of hydrogen-bond donors (Lipinski definition) is 2. The molecule has 0 radical (unpaired) electrons. The second-order valence-corrected chi connectivity index (χ2v) is 8.95. The Morgan fingerprint density at radius 1 is 1.14 bits per heavy atom. The molecule has 12 heteroatoms. The normalized spacial score (nSPS) is 16.9. The zero-order valence-electron chi connectivity index (χ0n) is 18.9. The molecule has 4 heterocycles. The lowest BCUT2D eigenvalue weighted by molar-refractivity contribution is -0.165. The van der Waals surface area contributed by atoms with Crippen LogP contribution in [0.5, 0.6) is 11.6 Å². The molecule has 9 nitrogen and oxygen atoms in total. The number of fused-ring (bicyclic) bond motifs is 2. The minimum absolute atomic E-state index is 0.0551. The summed E-state index contributed by atoms with van der Waals surface area (Å²) in [5.74, 6) is 0.699. The van der Waals surface area contributed by atoms with Crippen molar-refractivity contribution in [3.8, 4) is 11.6 Å². The van der Waals surface area contributed by atoms with Crippen LogP contribution in [0.15, 0.2) is 47.4 Å². The third-order valence-corrected chi connectivity index (χ3v) is 6.69. The number of halogens is 3. The Labute approximate surface area is 202 Å². The summed E-state index contributed by atoms with van der Waals surface area (Å²) in [5, 5.41) is 10.2.